The van der Waals surface area contributed by atoms with Gasteiger partial charge >= 0.3 is 6.18 Å². The van der Waals surface area contributed by atoms with Crippen molar-refractivity contribution in [1.82, 2.24) is 20.0 Å². The number of ether oxygens (including phenoxy) is 1. The molecular weight excluding hydrogens is 523 g/mol. The molecule has 1 aromatic heterocycles. The standard InChI is InChI=1S/C25H30F3N5O4S/c1-32-8-6-24(15-29,7-9-32)31-23(34)19-11-18(12-21(19)37-3)38(35,36)22-5-4-16(10-20(22)25(26,27)28)17-13-30-33(2)14-17/h4-5,10,13-14,18-19,21H,6-9,11-12H2,1-3H3,(H,31,34)/t18-,19-,21-/m1/s1. The summed E-state index contributed by atoms with van der Waals surface area (Å²) >= 11 is 0. The third-order valence-corrected chi connectivity index (χ3v) is 9.82. The van der Waals surface area contributed by atoms with Gasteiger partial charge in [0, 0.05) is 39.0 Å². The summed E-state index contributed by atoms with van der Waals surface area (Å²) in [5.41, 5.74) is -1.75. The maximum Gasteiger partial charge on any atom is 0.417 e. The highest BCUT2D eigenvalue weighted by molar-refractivity contribution is 7.92. The van der Waals surface area contributed by atoms with Crippen LogP contribution in [0.5, 0.6) is 0 Å². The van der Waals surface area contributed by atoms with Crippen LogP contribution < -0.4 is 5.32 Å². The van der Waals surface area contributed by atoms with Crippen molar-refractivity contribution in [2.75, 3.05) is 27.2 Å². The smallest absolute Gasteiger partial charge is 0.381 e. The summed E-state index contributed by atoms with van der Waals surface area (Å²) in [5.74, 6) is -1.45. The zero-order valence-electron chi connectivity index (χ0n) is 21.3. The maximum absolute atomic E-state index is 14.1. The van der Waals surface area contributed by atoms with Crippen LogP contribution in [-0.4, -0.2) is 73.1 Å². The predicted octanol–water partition coefficient (Wildman–Crippen LogP) is 2.78. The van der Waals surface area contributed by atoms with Crippen LogP contribution in [0.25, 0.3) is 11.1 Å². The Kier molecular flexibility index (Phi) is 7.62. The zero-order valence-corrected chi connectivity index (χ0v) is 22.1. The van der Waals surface area contributed by atoms with Gasteiger partial charge in [0.25, 0.3) is 0 Å². The van der Waals surface area contributed by atoms with E-state index in [-0.39, 0.29) is 18.4 Å². The summed E-state index contributed by atoms with van der Waals surface area (Å²) < 4.78 is 76.2. The van der Waals surface area contributed by atoms with Gasteiger partial charge in [-0.05, 0) is 50.4 Å². The van der Waals surface area contributed by atoms with E-state index in [1.807, 2.05) is 11.9 Å². The van der Waals surface area contributed by atoms with Gasteiger partial charge in [-0.25, -0.2) is 8.42 Å². The van der Waals surface area contributed by atoms with Crippen LogP contribution in [0.4, 0.5) is 13.2 Å². The number of halogens is 3. The van der Waals surface area contributed by atoms with E-state index in [0.717, 1.165) is 12.1 Å². The maximum atomic E-state index is 14.1. The summed E-state index contributed by atoms with van der Waals surface area (Å²) in [6.07, 6.45) is -2.34. The molecule has 13 heteroatoms. The molecule has 0 bridgehead atoms. The molecule has 0 radical (unpaired) electrons. The number of carbonyl (C=O) groups is 1. The molecule has 4 rings (SSSR count). The number of methoxy groups -OCH3 is 1. The first-order valence-corrected chi connectivity index (χ1v) is 13.7. The molecule has 1 saturated carbocycles. The van der Waals surface area contributed by atoms with Crippen LogP contribution in [0.2, 0.25) is 0 Å². The molecule has 2 fully saturated rings. The fraction of sp³-hybridized carbons (Fsp3) is 0.560. The summed E-state index contributed by atoms with van der Waals surface area (Å²) in [4.78, 5) is 14.4. The van der Waals surface area contributed by atoms with Gasteiger partial charge in [0.2, 0.25) is 5.91 Å². The monoisotopic (exact) mass is 553 g/mol. The number of piperidine rings is 1. The number of hydrogen-bond acceptors (Lipinski definition) is 7. The van der Waals surface area contributed by atoms with Crippen molar-refractivity contribution in [3.8, 4) is 17.2 Å². The van der Waals surface area contributed by atoms with Gasteiger partial charge in [0.05, 0.1) is 40.0 Å². The van der Waals surface area contributed by atoms with Crippen molar-refractivity contribution in [3.63, 3.8) is 0 Å². The van der Waals surface area contributed by atoms with Gasteiger partial charge < -0.3 is 15.0 Å². The molecule has 206 valence electrons. The Balaban J connectivity index is 1.61. The molecule has 1 aromatic carbocycles. The third-order valence-electron chi connectivity index (χ3n) is 7.59. The number of alkyl halides is 3. The Morgan fingerprint density at radius 1 is 1.21 bits per heavy atom. The number of amides is 1. The Morgan fingerprint density at radius 2 is 1.89 bits per heavy atom. The number of rotatable bonds is 6. The van der Waals surface area contributed by atoms with E-state index in [0.29, 0.717) is 31.5 Å². The second-order valence-electron chi connectivity index (χ2n) is 10.1. The summed E-state index contributed by atoms with van der Waals surface area (Å²) in [6.45, 7) is 1.22. The second kappa shape index (κ2) is 10.3. The van der Waals surface area contributed by atoms with Gasteiger partial charge in [-0.1, -0.05) is 6.07 Å². The van der Waals surface area contributed by atoms with Crippen molar-refractivity contribution in [2.45, 2.75) is 53.6 Å². The minimum atomic E-state index is -4.93. The summed E-state index contributed by atoms with van der Waals surface area (Å²) in [5, 5.41) is 15.3. The average molecular weight is 554 g/mol. The molecule has 3 atom stereocenters. The highest BCUT2D eigenvalue weighted by Crippen LogP contribution is 2.42. The molecule has 2 aliphatic rings. The van der Waals surface area contributed by atoms with E-state index in [1.54, 1.807) is 7.05 Å². The fourth-order valence-corrected chi connectivity index (χ4v) is 7.27. The number of nitriles is 1. The van der Waals surface area contributed by atoms with Gasteiger partial charge in [-0.3, -0.25) is 9.48 Å². The number of nitrogens with one attached hydrogen (secondary N) is 1. The molecule has 1 N–H and O–H groups in total. The fourth-order valence-electron chi connectivity index (χ4n) is 5.27. The number of nitrogens with zero attached hydrogens (tertiary/aromatic N) is 4. The molecule has 9 nitrogen and oxygen atoms in total. The Bertz CT molecular complexity index is 1340. The molecule has 2 heterocycles. The molecular formula is C25H30F3N5O4S. The van der Waals surface area contributed by atoms with E-state index >= 15 is 0 Å². The average Bonchev–Trinajstić information content (AvgIpc) is 3.51. The topological polar surface area (TPSA) is 117 Å². The highest BCUT2D eigenvalue weighted by Gasteiger charge is 2.49. The second-order valence-corrected chi connectivity index (χ2v) is 12.3. The number of sulfone groups is 1. The molecule has 0 spiro atoms. The number of likely N-dealkylation sites (tertiary alicyclic amines) is 1. The summed E-state index contributed by atoms with van der Waals surface area (Å²) in [7, 11) is 0.377. The molecule has 38 heavy (non-hydrogen) atoms. The van der Waals surface area contributed by atoms with Crippen LogP contribution >= 0.6 is 0 Å². The number of benzene rings is 1. The van der Waals surface area contributed by atoms with Crippen LogP contribution in [0, 0.1) is 17.2 Å². The lowest BCUT2D eigenvalue weighted by molar-refractivity contribution is -0.139. The normalized spacial score (nSPS) is 24.2. The number of carbonyl (C=O) groups excluding carboxylic acids is 1. The molecule has 1 aliphatic heterocycles. The SMILES string of the molecule is CO[C@@H]1C[C@H](S(=O)(=O)c2ccc(-c3cnn(C)c3)cc2C(F)(F)F)C[C@H]1C(=O)NC1(C#N)CCN(C)CC1. The Labute approximate surface area is 219 Å². The third kappa shape index (κ3) is 5.43. The van der Waals surface area contributed by atoms with Gasteiger partial charge in [-0.2, -0.15) is 23.5 Å². The number of hydrogen-bond donors (Lipinski definition) is 1. The molecule has 1 saturated heterocycles. The van der Waals surface area contributed by atoms with Crippen molar-refractivity contribution >= 4 is 15.7 Å². The van der Waals surface area contributed by atoms with Gasteiger partial charge in [0.15, 0.2) is 9.84 Å². The van der Waals surface area contributed by atoms with Crippen LogP contribution in [-0.2, 0) is 32.6 Å². The van der Waals surface area contributed by atoms with Gasteiger partial charge in [-0.15, -0.1) is 0 Å². The molecule has 1 aliphatic carbocycles. The summed E-state index contributed by atoms with van der Waals surface area (Å²) in [6, 6.07) is 5.29. The van der Waals surface area contributed by atoms with Crippen LogP contribution in [0.1, 0.15) is 31.2 Å². The first-order chi connectivity index (χ1) is 17.8. The molecule has 1 amide bonds. The molecule has 2 aromatic rings. The largest absolute Gasteiger partial charge is 0.417 e. The zero-order chi connectivity index (χ0) is 27.9. The van der Waals surface area contributed by atoms with E-state index in [4.69, 9.17) is 4.74 Å². The predicted molar refractivity (Wildman–Crippen MR) is 131 cm³/mol. The molecule has 0 unspecified atom stereocenters. The van der Waals surface area contributed by atoms with Crippen molar-refractivity contribution in [1.29, 1.82) is 5.26 Å². The van der Waals surface area contributed by atoms with Crippen molar-refractivity contribution in [3.05, 3.63) is 36.2 Å². The van der Waals surface area contributed by atoms with E-state index in [1.165, 1.54) is 30.3 Å². The van der Waals surface area contributed by atoms with E-state index in [9.17, 15) is 31.6 Å². The lowest BCUT2D eigenvalue weighted by Crippen LogP contribution is -2.55. The van der Waals surface area contributed by atoms with E-state index in [2.05, 4.69) is 16.5 Å². The van der Waals surface area contributed by atoms with Crippen LogP contribution in [0.3, 0.4) is 0 Å². The lowest BCUT2D eigenvalue weighted by Gasteiger charge is -2.37. The van der Waals surface area contributed by atoms with Crippen LogP contribution in [0.15, 0.2) is 35.5 Å². The number of aryl methyl sites for hydroxylation is 1. The Morgan fingerprint density at radius 3 is 2.45 bits per heavy atom. The minimum absolute atomic E-state index is 0.138. The van der Waals surface area contributed by atoms with E-state index < -0.39 is 55.2 Å². The quantitative estimate of drug-likeness (QED) is 0.585. The van der Waals surface area contributed by atoms with Crippen molar-refractivity contribution < 1.29 is 31.1 Å². The number of aromatic nitrogens is 2. The first-order valence-electron chi connectivity index (χ1n) is 12.2. The first kappa shape index (κ1) is 28.1. The lowest BCUT2D eigenvalue weighted by atomic mass is 9.88. The highest BCUT2D eigenvalue weighted by atomic mass is 32.2. The minimum Gasteiger partial charge on any atom is -0.381 e. The van der Waals surface area contributed by atoms with Crippen molar-refractivity contribution in [2.24, 2.45) is 13.0 Å². The Hall–Kier alpha value is -2.95. The van der Waals surface area contributed by atoms with Gasteiger partial charge in [0.1, 0.15) is 5.54 Å².